The molecule has 0 spiro atoms. The number of aliphatic carboxylic acids is 1. The van der Waals surface area contributed by atoms with Crippen molar-refractivity contribution in [2.45, 2.75) is 25.1 Å². The van der Waals surface area contributed by atoms with Crippen LogP contribution in [-0.2, 0) is 11.3 Å². The van der Waals surface area contributed by atoms with Gasteiger partial charge in [-0.2, -0.15) is 0 Å². The molecule has 17 heavy (non-hydrogen) atoms. The molecule has 0 aliphatic heterocycles. The molecule has 0 aliphatic rings. The fraction of sp³-hybridized carbons (Fsp3) is 0.364. The number of benzene rings is 1. The van der Waals surface area contributed by atoms with E-state index in [0.717, 1.165) is 5.56 Å². The second-order valence-corrected chi connectivity index (χ2v) is 3.60. The minimum atomic E-state index is -3.69. The van der Waals surface area contributed by atoms with Crippen molar-refractivity contribution >= 4 is 5.97 Å². The van der Waals surface area contributed by atoms with Gasteiger partial charge in [0.1, 0.15) is 6.42 Å². The zero-order valence-electron chi connectivity index (χ0n) is 8.94. The second kappa shape index (κ2) is 5.70. The van der Waals surface area contributed by atoms with Crippen LogP contribution in [0.15, 0.2) is 30.3 Å². The van der Waals surface area contributed by atoms with Crippen molar-refractivity contribution < 1.29 is 23.8 Å². The largest absolute Gasteiger partial charge is 0.481 e. The molecule has 1 aromatic rings. The van der Waals surface area contributed by atoms with Crippen LogP contribution < -0.4 is 5.32 Å². The number of aliphatic hydroxyl groups excluding tert-OH is 1. The monoisotopic (exact) mass is 245 g/mol. The molecule has 0 heterocycles. The molecule has 6 heteroatoms. The number of carboxylic acids is 1. The third kappa shape index (κ3) is 4.46. The molecule has 0 amide bonds. The molecule has 1 atom stereocenters. The zero-order chi connectivity index (χ0) is 12.9. The quantitative estimate of drug-likeness (QED) is 0.659. The lowest BCUT2D eigenvalue weighted by Gasteiger charge is -2.21. The van der Waals surface area contributed by atoms with Gasteiger partial charge in [-0.1, -0.05) is 30.3 Å². The third-order valence-corrected chi connectivity index (χ3v) is 2.13. The van der Waals surface area contributed by atoms with Crippen molar-refractivity contribution in [1.82, 2.24) is 5.32 Å². The summed E-state index contributed by atoms with van der Waals surface area (Å²) in [6, 6.07) is 8.65. The van der Waals surface area contributed by atoms with E-state index >= 15 is 0 Å². The molecule has 0 bridgehead atoms. The average Bonchev–Trinajstić information content (AvgIpc) is 2.25. The summed E-state index contributed by atoms with van der Waals surface area (Å²) in [5.41, 5.74) is 0.720. The molecule has 1 rings (SSSR count). The van der Waals surface area contributed by atoms with Gasteiger partial charge in [-0.05, 0) is 5.56 Å². The van der Waals surface area contributed by atoms with Crippen LogP contribution in [0.5, 0.6) is 0 Å². The Morgan fingerprint density at radius 2 is 1.94 bits per heavy atom. The minimum absolute atomic E-state index is 0.0389. The Balaban J connectivity index is 2.49. The number of aliphatic hydroxyl groups is 1. The summed E-state index contributed by atoms with van der Waals surface area (Å²) in [5, 5.41) is 19.6. The number of rotatable bonds is 6. The van der Waals surface area contributed by atoms with E-state index in [0.29, 0.717) is 0 Å². The summed E-state index contributed by atoms with van der Waals surface area (Å²) < 4.78 is 26.2. The van der Waals surface area contributed by atoms with Gasteiger partial charge in [-0.25, -0.2) is 8.78 Å². The van der Waals surface area contributed by atoms with Gasteiger partial charge in [0.05, 0.1) is 0 Å². The second-order valence-electron chi connectivity index (χ2n) is 3.60. The van der Waals surface area contributed by atoms with Crippen molar-refractivity contribution in [3.8, 4) is 0 Å². The zero-order valence-corrected chi connectivity index (χ0v) is 8.94. The van der Waals surface area contributed by atoms with Crippen LogP contribution in [0.3, 0.4) is 0 Å². The normalized spacial score (nSPS) is 13.4. The lowest BCUT2D eigenvalue weighted by atomic mass is 10.2. The first-order valence-corrected chi connectivity index (χ1v) is 4.97. The van der Waals surface area contributed by atoms with Gasteiger partial charge in [-0.3, -0.25) is 10.1 Å². The number of hydrogen-bond donors (Lipinski definition) is 3. The molecule has 3 N–H and O–H groups in total. The standard InChI is InChI=1S/C11H13F2NO3/c12-11(13,6-9(15)16)10(17)14-7-8-4-2-1-3-5-8/h1-5,10,14,17H,6-7H2,(H,15,16). The van der Waals surface area contributed by atoms with Crippen LogP contribution >= 0.6 is 0 Å². The summed E-state index contributed by atoms with van der Waals surface area (Å²) in [7, 11) is 0. The topological polar surface area (TPSA) is 69.6 Å². The van der Waals surface area contributed by atoms with E-state index in [1.165, 1.54) is 0 Å². The van der Waals surface area contributed by atoms with Gasteiger partial charge < -0.3 is 10.2 Å². The summed E-state index contributed by atoms with van der Waals surface area (Å²) in [6.07, 6.45) is -3.59. The summed E-state index contributed by atoms with van der Waals surface area (Å²) >= 11 is 0. The predicted molar refractivity (Wildman–Crippen MR) is 56.5 cm³/mol. The molecule has 0 aliphatic carbocycles. The molecule has 0 saturated carbocycles. The Morgan fingerprint density at radius 1 is 1.35 bits per heavy atom. The van der Waals surface area contributed by atoms with Gasteiger partial charge in [0.25, 0.3) is 5.92 Å². The molecule has 0 saturated heterocycles. The number of carboxylic acid groups (broad SMARTS) is 1. The summed E-state index contributed by atoms with van der Waals surface area (Å²) in [5.74, 6) is -5.35. The molecular formula is C11H13F2NO3. The molecular weight excluding hydrogens is 232 g/mol. The van der Waals surface area contributed by atoms with Gasteiger partial charge >= 0.3 is 5.97 Å². The number of halogens is 2. The van der Waals surface area contributed by atoms with E-state index in [1.54, 1.807) is 30.3 Å². The first-order valence-electron chi connectivity index (χ1n) is 4.97. The van der Waals surface area contributed by atoms with Crippen molar-refractivity contribution in [3.05, 3.63) is 35.9 Å². The van der Waals surface area contributed by atoms with E-state index in [2.05, 4.69) is 5.32 Å². The van der Waals surface area contributed by atoms with Crippen LogP contribution in [0.1, 0.15) is 12.0 Å². The molecule has 4 nitrogen and oxygen atoms in total. The van der Waals surface area contributed by atoms with Crippen LogP contribution in [0, 0.1) is 0 Å². The van der Waals surface area contributed by atoms with Gasteiger partial charge in [0.15, 0.2) is 6.23 Å². The SMILES string of the molecule is O=C(O)CC(F)(F)C(O)NCc1ccccc1. The molecule has 0 aromatic heterocycles. The molecule has 1 aromatic carbocycles. The highest BCUT2D eigenvalue weighted by atomic mass is 19.3. The lowest BCUT2D eigenvalue weighted by molar-refractivity contribution is -0.161. The Morgan fingerprint density at radius 3 is 2.47 bits per heavy atom. The highest BCUT2D eigenvalue weighted by molar-refractivity contribution is 5.67. The van der Waals surface area contributed by atoms with Gasteiger partial charge in [0, 0.05) is 6.54 Å². The molecule has 94 valence electrons. The number of carbonyl (C=O) groups is 1. The van der Waals surface area contributed by atoms with Gasteiger partial charge in [-0.15, -0.1) is 0 Å². The van der Waals surface area contributed by atoms with Crippen molar-refractivity contribution in [2.24, 2.45) is 0 Å². The maximum absolute atomic E-state index is 13.1. The maximum Gasteiger partial charge on any atom is 0.309 e. The van der Waals surface area contributed by atoms with Crippen LogP contribution in [0.2, 0.25) is 0 Å². The molecule has 0 fully saturated rings. The van der Waals surface area contributed by atoms with E-state index in [-0.39, 0.29) is 6.54 Å². The minimum Gasteiger partial charge on any atom is -0.481 e. The van der Waals surface area contributed by atoms with E-state index in [4.69, 9.17) is 10.2 Å². The predicted octanol–water partition coefficient (Wildman–Crippen LogP) is 1.20. The van der Waals surface area contributed by atoms with E-state index in [1.807, 2.05) is 0 Å². The van der Waals surface area contributed by atoms with Crippen molar-refractivity contribution in [2.75, 3.05) is 0 Å². The first-order chi connectivity index (χ1) is 7.92. The van der Waals surface area contributed by atoms with Crippen molar-refractivity contribution in [1.29, 1.82) is 0 Å². The summed E-state index contributed by atoms with van der Waals surface area (Å²) in [6.45, 7) is 0.0389. The van der Waals surface area contributed by atoms with E-state index < -0.39 is 24.5 Å². The fourth-order valence-corrected chi connectivity index (χ4v) is 1.26. The van der Waals surface area contributed by atoms with E-state index in [9.17, 15) is 13.6 Å². The van der Waals surface area contributed by atoms with Crippen molar-refractivity contribution in [3.63, 3.8) is 0 Å². The molecule has 0 radical (unpaired) electrons. The number of nitrogens with one attached hydrogen (secondary N) is 1. The van der Waals surface area contributed by atoms with Crippen LogP contribution in [0.4, 0.5) is 8.78 Å². The summed E-state index contributed by atoms with van der Waals surface area (Å²) in [4.78, 5) is 10.2. The Labute approximate surface area is 96.9 Å². The third-order valence-electron chi connectivity index (χ3n) is 2.13. The van der Waals surface area contributed by atoms with Gasteiger partial charge in [0.2, 0.25) is 0 Å². The fourth-order valence-electron chi connectivity index (χ4n) is 1.26. The maximum atomic E-state index is 13.1. The smallest absolute Gasteiger partial charge is 0.309 e. The highest BCUT2D eigenvalue weighted by Crippen LogP contribution is 2.21. The first kappa shape index (κ1) is 13.5. The van der Waals surface area contributed by atoms with Crippen LogP contribution in [-0.4, -0.2) is 28.3 Å². The average molecular weight is 245 g/mol. The molecule has 1 unspecified atom stereocenters. The lowest BCUT2D eigenvalue weighted by Crippen LogP contribution is -2.45. The Hall–Kier alpha value is -1.53. The number of hydrogen-bond acceptors (Lipinski definition) is 3. The Bertz CT molecular complexity index is 370. The highest BCUT2D eigenvalue weighted by Gasteiger charge is 2.40. The number of alkyl halides is 2. The Kier molecular flexibility index (Phi) is 4.53. The van der Waals surface area contributed by atoms with Crippen LogP contribution in [0.25, 0.3) is 0 Å².